The van der Waals surface area contributed by atoms with E-state index in [0.29, 0.717) is 5.56 Å². The highest BCUT2D eigenvalue weighted by Gasteiger charge is 2.19. The monoisotopic (exact) mass is 219 g/mol. The number of rotatable bonds is 3. The second-order valence-corrected chi connectivity index (χ2v) is 4.20. The third-order valence-electron chi connectivity index (χ3n) is 3.15. The molecule has 0 aromatic heterocycles. The molecular weight excluding hydrogens is 202 g/mol. The minimum Gasteiger partial charge on any atom is -0.478 e. The average molecular weight is 219 g/mol. The van der Waals surface area contributed by atoms with Gasteiger partial charge in [0, 0.05) is 13.1 Å². The van der Waals surface area contributed by atoms with Gasteiger partial charge in [0.25, 0.3) is 0 Å². The zero-order valence-corrected chi connectivity index (χ0v) is 9.57. The van der Waals surface area contributed by atoms with Gasteiger partial charge in [-0.15, -0.1) is 0 Å². The predicted octanol–water partition coefficient (Wildman–Crippen LogP) is 2.55. The molecule has 0 aliphatic carbocycles. The SMILES string of the molecule is CCc1ccc(N2CCCC2)c(C(=O)O)c1. The Bertz CT molecular complexity index is 395. The molecule has 16 heavy (non-hydrogen) atoms. The number of hydrogen-bond acceptors (Lipinski definition) is 2. The van der Waals surface area contributed by atoms with Crippen molar-refractivity contribution in [2.45, 2.75) is 26.2 Å². The van der Waals surface area contributed by atoms with Gasteiger partial charge in [-0.1, -0.05) is 13.0 Å². The fourth-order valence-electron chi connectivity index (χ4n) is 2.21. The molecule has 1 aliphatic heterocycles. The molecule has 0 atom stereocenters. The number of anilines is 1. The zero-order chi connectivity index (χ0) is 11.5. The van der Waals surface area contributed by atoms with E-state index < -0.39 is 5.97 Å². The summed E-state index contributed by atoms with van der Waals surface area (Å²) in [6.45, 7) is 3.99. The molecule has 3 nitrogen and oxygen atoms in total. The molecule has 1 aliphatic rings. The Morgan fingerprint density at radius 1 is 1.38 bits per heavy atom. The maximum absolute atomic E-state index is 11.2. The van der Waals surface area contributed by atoms with E-state index in [2.05, 4.69) is 4.90 Å². The van der Waals surface area contributed by atoms with Gasteiger partial charge >= 0.3 is 5.97 Å². The summed E-state index contributed by atoms with van der Waals surface area (Å²) in [4.78, 5) is 13.4. The number of aromatic carboxylic acids is 1. The van der Waals surface area contributed by atoms with Gasteiger partial charge < -0.3 is 10.0 Å². The summed E-state index contributed by atoms with van der Waals surface area (Å²) < 4.78 is 0. The van der Waals surface area contributed by atoms with Crippen LogP contribution in [0.4, 0.5) is 5.69 Å². The van der Waals surface area contributed by atoms with Crippen LogP contribution in [-0.4, -0.2) is 24.2 Å². The van der Waals surface area contributed by atoms with Crippen LogP contribution in [0.25, 0.3) is 0 Å². The van der Waals surface area contributed by atoms with Crippen molar-refractivity contribution in [3.05, 3.63) is 29.3 Å². The van der Waals surface area contributed by atoms with Crippen LogP contribution >= 0.6 is 0 Å². The lowest BCUT2D eigenvalue weighted by Crippen LogP contribution is -2.20. The van der Waals surface area contributed by atoms with Crippen molar-refractivity contribution >= 4 is 11.7 Å². The molecule has 0 unspecified atom stereocenters. The van der Waals surface area contributed by atoms with Crippen molar-refractivity contribution in [1.29, 1.82) is 0 Å². The van der Waals surface area contributed by atoms with E-state index in [1.54, 1.807) is 6.07 Å². The number of carboxylic acid groups (broad SMARTS) is 1. The highest BCUT2D eigenvalue weighted by molar-refractivity contribution is 5.94. The molecule has 1 fully saturated rings. The Morgan fingerprint density at radius 2 is 2.06 bits per heavy atom. The first-order chi connectivity index (χ1) is 7.72. The largest absolute Gasteiger partial charge is 0.478 e. The number of carboxylic acids is 1. The Balaban J connectivity index is 2.39. The summed E-state index contributed by atoms with van der Waals surface area (Å²) in [6, 6.07) is 5.78. The van der Waals surface area contributed by atoms with Gasteiger partial charge in [0.05, 0.1) is 11.3 Å². The first-order valence-electron chi connectivity index (χ1n) is 5.83. The van der Waals surface area contributed by atoms with E-state index in [1.807, 2.05) is 19.1 Å². The van der Waals surface area contributed by atoms with E-state index in [9.17, 15) is 9.90 Å². The van der Waals surface area contributed by atoms with E-state index in [-0.39, 0.29) is 0 Å². The third kappa shape index (κ3) is 2.03. The zero-order valence-electron chi connectivity index (χ0n) is 9.57. The molecule has 1 aromatic carbocycles. The Morgan fingerprint density at radius 3 is 2.62 bits per heavy atom. The van der Waals surface area contributed by atoms with Crippen LogP contribution in [0.1, 0.15) is 35.7 Å². The lowest BCUT2D eigenvalue weighted by atomic mass is 10.1. The van der Waals surface area contributed by atoms with Gasteiger partial charge in [-0.2, -0.15) is 0 Å². The molecule has 0 bridgehead atoms. The molecule has 0 radical (unpaired) electrons. The lowest BCUT2D eigenvalue weighted by molar-refractivity contribution is 0.0697. The molecule has 2 rings (SSSR count). The first-order valence-corrected chi connectivity index (χ1v) is 5.83. The van der Waals surface area contributed by atoms with Crippen molar-refractivity contribution in [3.8, 4) is 0 Å². The molecule has 1 saturated heterocycles. The second-order valence-electron chi connectivity index (χ2n) is 4.20. The topological polar surface area (TPSA) is 40.5 Å². The van der Waals surface area contributed by atoms with Crippen LogP contribution in [0.2, 0.25) is 0 Å². The fraction of sp³-hybridized carbons (Fsp3) is 0.462. The maximum atomic E-state index is 11.2. The second kappa shape index (κ2) is 4.56. The number of carbonyl (C=O) groups is 1. The fourth-order valence-corrected chi connectivity index (χ4v) is 2.21. The van der Waals surface area contributed by atoms with Crippen LogP contribution in [-0.2, 0) is 6.42 Å². The lowest BCUT2D eigenvalue weighted by Gasteiger charge is -2.20. The summed E-state index contributed by atoms with van der Waals surface area (Å²) in [5.74, 6) is -0.822. The summed E-state index contributed by atoms with van der Waals surface area (Å²) >= 11 is 0. The molecule has 1 N–H and O–H groups in total. The highest BCUT2D eigenvalue weighted by Crippen LogP contribution is 2.25. The molecular formula is C13H17NO2. The number of nitrogens with zero attached hydrogens (tertiary/aromatic N) is 1. The van der Waals surface area contributed by atoms with E-state index in [0.717, 1.165) is 43.6 Å². The molecule has 1 heterocycles. The van der Waals surface area contributed by atoms with Crippen LogP contribution in [0.3, 0.4) is 0 Å². The van der Waals surface area contributed by atoms with Gasteiger partial charge in [-0.05, 0) is 37.0 Å². The Kier molecular flexibility index (Phi) is 3.13. The molecule has 0 saturated carbocycles. The summed E-state index contributed by atoms with van der Waals surface area (Å²) in [6.07, 6.45) is 3.20. The summed E-state index contributed by atoms with van der Waals surface area (Å²) in [5.41, 5.74) is 2.41. The van der Waals surface area contributed by atoms with Crippen molar-refractivity contribution in [2.24, 2.45) is 0 Å². The smallest absolute Gasteiger partial charge is 0.337 e. The van der Waals surface area contributed by atoms with Crippen LogP contribution < -0.4 is 4.90 Å². The highest BCUT2D eigenvalue weighted by atomic mass is 16.4. The molecule has 1 aromatic rings. The molecule has 3 heteroatoms. The van der Waals surface area contributed by atoms with Gasteiger partial charge in [0.15, 0.2) is 0 Å². The summed E-state index contributed by atoms with van der Waals surface area (Å²) in [5, 5.41) is 9.22. The van der Waals surface area contributed by atoms with Crippen LogP contribution in [0.15, 0.2) is 18.2 Å². The minimum atomic E-state index is -0.822. The average Bonchev–Trinajstić information content (AvgIpc) is 2.81. The molecule has 86 valence electrons. The standard InChI is InChI=1S/C13H17NO2/c1-2-10-5-6-12(11(9-10)13(15)16)14-7-3-4-8-14/h5-6,9H,2-4,7-8H2,1H3,(H,15,16). The molecule has 0 spiro atoms. The van der Waals surface area contributed by atoms with Crippen molar-refractivity contribution < 1.29 is 9.90 Å². The quantitative estimate of drug-likeness (QED) is 0.849. The van der Waals surface area contributed by atoms with Crippen molar-refractivity contribution in [3.63, 3.8) is 0 Å². The van der Waals surface area contributed by atoms with E-state index in [1.165, 1.54) is 0 Å². The number of benzene rings is 1. The summed E-state index contributed by atoms with van der Waals surface area (Å²) in [7, 11) is 0. The van der Waals surface area contributed by atoms with E-state index in [4.69, 9.17) is 0 Å². The van der Waals surface area contributed by atoms with Crippen molar-refractivity contribution in [2.75, 3.05) is 18.0 Å². The number of aryl methyl sites for hydroxylation is 1. The first kappa shape index (κ1) is 11.0. The van der Waals surface area contributed by atoms with Gasteiger partial charge in [0.1, 0.15) is 0 Å². The predicted molar refractivity (Wildman–Crippen MR) is 64.2 cm³/mol. The van der Waals surface area contributed by atoms with Gasteiger partial charge in [0.2, 0.25) is 0 Å². The minimum absolute atomic E-state index is 0.446. The number of hydrogen-bond donors (Lipinski definition) is 1. The normalized spacial score (nSPS) is 15.4. The van der Waals surface area contributed by atoms with Gasteiger partial charge in [-0.25, -0.2) is 4.79 Å². The molecule has 0 amide bonds. The van der Waals surface area contributed by atoms with Gasteiger partial charge in [-0.3, -0.25) is 0 Å². The van der Waals surface area contributed by atoms with E-state index >= 15 is 0 Å². The Hall–Kier alpha value is -1.51. The third-order valence-corrected chi connectivity index (χ3v) is 3.15. The maximum Gasteiger partial charge on any atom is 0.337 e. The van der Waals surface area contributed by atoms with Crippen LogP contribution in [0.5, 0.6) is 0 Å². The Labute approximate surface area is 95.7 Å². The van der Waals surface area contributed by atoms with Crippen LogP contribution in [0, 0.1) is 0 Å². The van der Waals surface area contributed by atoms with Crippen molar-refractivity contribution in [1.82, 2.24) is 0 Å².